The number of aliphatic hydroxyl groups is 1. The molecule has 6 heteroatoms. The Morgan fingerprint density at radius 2 is 2.11 bits per heavy atom. The first-order chi connectivity index (χ1) is 8.72. The number of aromatic hydroxyl groups is 1. The molecule has 0 aliphatic rings. The highest BCUT2D eigenvalue weighted by atomic mass is 32.1. The quantitative estimate of drug-likeness (QED) is 0.810. The Hall–Kier alpha value is -1.79. The number of benzene rings is 1. The van der Waals surface area contributed by atoms with Gasteiger partial charge in [-0.15, -0.1) is 0 Å². The van der Waals surface area contributed by atoms with Crippen LogP contribution in [-0.2, 0) is 6.54 Å². The molecule has 0 saturated carbocycles. The van der Waals surface area contributed by atoms with Crippen molar-refractivity contribution < 1.29 is 19.4 Å². The minimum Gasteiger partial charge on any atom is -0.492 e. The van der Waals surface area contributed by atoms with Gasteiger partial charge in [-0.25, -0.2) is 0 Å². The van der Waals surface area contributed by atoms with E-state index in [4.69, 9.17) is 26.5 Å². The number of hydrogen-bond acceptors (Lipinski definition) is 5. The van der Waals surface area contributed by atoms with E-state index in [0.717, 1.165) is 5.56 Å². The van der Waals surface area contributed by atoms with Gasteiger partial charge < -0.3 is 19.4 Å². The highest BCUT2D eigenvalue weighted by molar-refractivity contribution is 7.71. The molecule has 0 aliphatic carbocycles. The van der Waals surface area contributed by atoms with Crippen molar-refractivity contribution in [3.8, 4) is 11.6 Å². The lowest BCUT2D eigenvalue weighted by Crippen LogP contribution is -2.06. The fraction of sp³-hybridized carbons (Fsp3) is 0.250. The van der Waals surface area contributed by atoms with Gasteiger partial charge >= 0.3 is 0 Å². The summed E-state index contributed by atoms with van der Waals surface area (Å²) < 4.78 is 11.8. The van der Waals surface area contributed by atoms with E-state index in [0.29, 0.717) is 12.3 Å². The minimum atomic E-state index is -0.0509. The van der Waals surface area contributed by atoms with Gasteiger partial charge in [0.1, 0.15) is 12.4 Å². The predicted molar refractivity (Wildman–Crippen MR) is 67.3 cm³/mol. The van der Waals surface area contributed by atoms with Gasteiger partial charge in [0.25, 0.3) is 4.84 Å². The second-order valence-electron chi connectivity index (χ2n) is 3.63. The fourth-order valence-electron chi connectivity index (χ4n) is 1.57. The van der Waals surface area contributed by atoms with Crippen LogP contribution in [0.5, 0.6) is 11.6 Å². The second kappa shape index (κ2) is 5.70. The van der Waals surface area contributed by atoms with Gasteiger partial charge in [0.15, 0.2) is 6.26 Å². The van der Waals surface area contributed by atoms with Gasteiger partial charge in [-0.2, -0.15) is 0 Å². The van der Waals surface area contributed by atoms with E-state index in [1.165, 1.54) is 10.8 Å². The van der Waals surface area contributed by atoms with Crippen molar-refractivity contribution in [2.24, 2.45) is 0 Å². The normalized spacial score (nSPS) is 10.5. The van der Waals surface area contributed by atoms with E-state index in [-0.39, 0.29) is 23.9 Å². The molecule has 2 aromatic rings. The first-order valence-corrected chi connectivity index (χ1v) is 5.82. The lowest BCUT2D eigenvalue weighted by molar-refractivity contribution is 0.200. The molecule has 0 unspecified atom stereocenters. The third kappa shape index (κ3) is 2.72. The Morgan fingerprint density at radius 3 is 2.78 bits per heavy atom. The van der Waals surface area contributed by atoms with Crippen molar-refractivity contribution in [1.29, 1.82) is 0 Å². The van der Waals surface area contributed by atoms with E-state index >= 15 is 0 Å². The lowest BCUT2D eigenvalue weighted by Gasteiger charge is -2.11. The molecular formula is C12H13NO4S. The summed E-state index contributed by atoms with van der Waals surface area (Å²) in [5.41, 5.74) is 0.846. The van der Waals surface area contributed by atoms with Crippen LogP contribution in [0.1, 0.15) is 5.56 Å². The van der Waals surface area contributed by atoms with E-state index in [1.54, 1.807) is 6.07 Å². The molecule has 0 saturated heterocycles. The van der Waals surface area contributed by atoms with Gasteiger partial charge in [-0.3, -0.25) is 4.57 Å². The van der Waals surface area contributed by atoms with Crippen molar-refractivity contribution in [3.63, 3.8) is 0 Å². The first-order valence-electron chi connectivity index (χ1n) is 5.41. The third-order valence-electron chi connectivity index (χ3n) is 2.41. The van der Waals surface area contributed by atoms with Crippen LogP contribution in [0.4, 0.5) is 0 Å². The molecule has 0 atom stereocenters. The predicted octanol–water partition coefficient (Wildman–Crippen LogP) is 1.94. The number of aromatic nitrogens is 1. The van der Waals surface area contributed by atoms with Gasteiger partial charge in [-0.1, -0.05) is 18.2 Å². The van der Waals surface area contributed by atoms with Crippen LogP contribution in [-0.4, -0.2) is 28.0 Å². The molecule has 0 amide bonds. The molecule has 0 radical (unpaired) electrons. The zero-order valence-corrected chi connectivity index (χ0v) is 10.4. The van der Waals surface area contributed by atoms with Gasteiger partial charge in [0.2, 0.25) is 5.88 Å². The molecule has 2 N–H and O–H groups in total. The molecule has 0 fully saturated rings. The van der Waals surface area contributed by atoms with E-state index in [1.807, 2.05) is 18.2 Å². The Morgan fingerprint density at radius 1 is 1.33 bits per heavy atom. The topological polar surface area (TPSA) is 67.8 Å². The van der Waals surface area contributed by atoms with E-state index in [9.17, 15) is 5.11 Å². The summed E-state index contributed by atoms with van der Waals surface area (Å²) in [5.74, 6) is 0.617. The van der Waals surface area contributed by atoms with Crippen LogP contribution < -0.4 is 4.74 Å². The monoisotopic (exact) mass is 267 g/mol. The molecule has 5 nitrogen and oxygen atoms in total. The van der Waals surface area contributed by atoms with Crippen molar-refractivity contribution in [3.05, 3.63) is 40.9 Å². The molecule has 2 rings (SSSR count). The Labute approximate surface area is 109 Å². The summed E-state index contributed by atoms with van der Waals surface area (Å²) in [7, 11) is 0. The third-order valence-corrected chi connectivity index (χ3v) is 2.73. The molecule has 18 heavy (non-hydrogen) atoms. The van der Waals surface area contributed by atoms with Crippen LogP contribution in [0.25, 0.3) is 0 Å². The lowest BCUT2D eigenvalue weighted by atomic mass is 10.2. The summed E-state index contributed by atoms with van der Waals surface area (Å²) in [6.45, 7) is 0.521. The zero-order chi connectivity index (χ0) is 13.0. The summed E-state index contributed by atoms with van der Waals surface area (Å²) >= 11 is 4.96. The van der Waals surface area contributed by atoms with Crippen LogP contribution in [0.2, 0.25) is 0 Å². The second-order valence-corrected chi connectivity index (χ2v) is 3.97. The average Bonchev–Trinajstić information content (AvgIpc) is 2.69. The maximum absolute atomic E-state index is 9.58. The molecule has 0 spiro atoms. The summed E-state index contributed by atoms with van der Waals surface area (Å²) in [6.07, 6.45) is 1.19. The van der Waals surface area contributed by atoms with Gasteiger partial charge in [0.05, 0.1) is 13.2 Å². The largest absolute Gasteiger partial charge is 0.492 e. The number of oxazole rings is 1. The Kier molecular flexibility index (Phi) is 4.01. The number of ether oxygens (including phenoxy) is 1. The molecule has 0 aliphatic heterocycles. The molecule has 96 valence electrons. The van der Waals surface area contributed by atoms with Crippen molar-refractivity contribution in [2.45, 2.75) is 6.54 Å². The number of hydrogen-bond donors (Lipinski definition) is 2. The van der Waals surface area contributed by atoms with Gasteiger partial charge in [0, 0.05) is 5.56 Å². The Balaban J connectivity index is 2.26. The van der Waals surface area contributed by atoms with Crippen LogP contribution in [0.15, 0.2) is 34.9 Å². The van der Waals surface area contributed by atoms with Crippen molar-refractivity contribution in [2.75, 3.05) is 13.2 Å². The summed E-state index contributed by atoms with van der Waals surface area (Å²) in [6, 6.07) is 7.36. The SMILES string of the molecule is OCCOc1ccccc1Cn1c(O)coc1=S. The van der Waals surface area contributed by atoms with E-state index in [2.05, 4.69) is 0 Å². The molecule has 1 heterocycles. The molecule has 1 aromatic carbocycles. The van der Waals surface area contributed by atoms with Gasteiger partial charge in [-0.05, 0) is 18.3 Å². The zero-order valence-electron chi connectivity index (χ0n) is 9.57. The standard InChI is InChI=1S/C12H13NO4S/c14-5-6-16-10-4-2-1-3-9(10)7-13-11(15)8-17-12(13)18/h1-4,8,14-15H,5-7H2. The highest BCUT2D eigenvalue weighted by Gasteiger charge is 2.08. The number of aliphatic hydroxyl groups excluding tert-OH is 1. The van der Waals surface area contributed by atoms with Crippen molar-refractivity contribution in [1.82, 2.24) is 4.57 Å². The number of para-hydroxylation sites is 1. The van der Waals surface area contributed by atoms with Crippen LogP contribution in [0, 0.1) is 4.84 Å². The van der Waals surface area contributed by atoms with Crippen LogP contribution in [0.3, 0.4) is 0 Å². The smallest absolute Gasteiger partial charge is 0.271 e. The highest BCUT2D eigenvalue weighted by Crippen LogP contribution is 2.22. The number of nitrogens with zero attached hydrogens (tertiary/aromatic N) is 1. The molecule has 0 bridgehead atoms. The molecular weight excluding hydrogens is 254 g/mol. The molecule has 1 aromatic heterocycles. The fourth-order valence-corrected chi connectivity index (χ4v) is 1.78. The van der Waals surface area contributed by atoms with Crippen LogP contribution >= 0.6 is 12.2 Å². The minimum absolute atomic E-state index is 0.0306. The average molecular weight is 267 g/mol. The summed E-state index contributed by atoms with van der Waals surface area (Å²) in [4.78, 5) is 0.199. The maximum atomic E-state index is 9.58. The summed E-state index contributed by atoms with van der Waals surface area (Å²) in [5, 5.41) is 18.3. The number of rotatable bonds is 5. The van der Waals surface area contributed by atoms with E-state index < -0.39 is 0 Å². The Bertz CT molecular complexity index is 575. The van der Waals surface area contributed by atoms with Crippen molar-refractivity contribution >= 4 is 12.2 Å². The maximum Gasteiger partial charge on any atom is 0.271 e. The first kappa shape index (κ1) is 12.7.